The molecule has 1 aliphatic heterocycles. The van der Waals surface area contributed by atoms with Gasteiger partial charge in [0.25, 0.3) is 0 Å². The van der Waals surface area contributed by atoms with Crippen LogP contribution in [0.2, 0.25) is 0 Å². The van der Waals surface area contributed by atoms with Crippen LogP contribution in [0.25, 0.3) is 0 Å². The Morgan fingerprint density at radius 1 is 1.12 bits per heavy atom. The SMILES string of the molecule is CC(C)(CNC(=O)C1CCC(C(=O)O)CC1)N1CCc2ccccc2C1. The number of fused-ring (bicyclic) bond motifs is 1. The van der Waals surface area contributed by atoms with Crippen molar-refractivity contribution in [1.29, 1.82) is 0 Å². The highest BCUT2D eigenvalue weighted by Crippen LogP contribution is 2.29. The number of amides is 1. The number of carboxylic acid groups (broad SMARTS) is 1. The van der Waals surface area contributed by atoms with E-state index in [9.17, 15) is 9.59 Å². The monoisotopic (exact) mass is 358 g/mol. The molecule has 0 spiro atoms. The van der Waals surface area contributed by atoms with E-state index >= 15 is 0 Å². The molecule has 0 saturated heterocycles. The van der Waals surface area contributed by atoms with E-state index in [-0.39, 0.29) is 23.3 Å². The van der Waals surface area contributed by atoms with Crippen molar-refractivity contribution in [1.82, 2.24) is 10.2 Å². The summed E-state index contributed by atoms with van der Waals surface area (Å²) in [6, 6.07) is 8.58. The van der Waals surface area contributed by atoms with Gasteiger partial charge in [-0.25, -0.2) is 0 Å². The molecule has 1 saturated carbocycles. The van der Waals surface area contributed by atoms with Crippen LogP contribution >= 0.6 is 0 Å². The molecule has 0 unspecified atom stereocenters. The van der Waals surface area contributed by atoms with Gasteiger partial charge in [0, 0.05) is 31.1 Å². The average molecular weight is 358 g/mol. The van der Waals surface area contributed by atoms with E-state index < -0.39 is 5.97 Å². The smallest absolute Gasteiger partial charge is 0.306 e. The van der Waals surface area contributed by atoms with Gasteiger partial charge in [0.1, 0.15) is 0 Å². The molecular formula is C21H30N2O3. The highest BCUT2D eigenvalue weighted by molar-refractivity contribution is 5.79. The van der Waals surface area contributed by atoms with Gasteiger partial charge >= 0.3 is 5.97 Å². The fourth-order valence-corrected chi connectivity index (χ4v) is 4.17. The molecule has 1 aliphatic carbocycles. The summed E-state index contributed by atoms with van der Waals surface area (Å²) < 4.78 is 0. The first-order chi connectivity index (χ1) is 12.4. The van der Waals surface area contributed by atoms with Gasteiger partial charge in [-0.15, -0.1) is 0 Å². The van der Waals surface area contributed by atoms with Gasteiger partial charge in [0.15, 0.2) is 0 Å². The van der Waals surface area contributed by atoms with Crippen molar-refractivity contribution < 1.29 is 14.7 Å². The lowest BCUT2D eigenvalue weighted by molar-refractivity contribution is -0.144. The number of aliphatic carboxylic acids is 1. The third-order valence-corrected chi connectivity index (χ3v) is 6.13. The second-order valence-corrected chi connectivity index (χ2v) is 8.36. The van der Waals surface area contributed by atoms with E-state index in [2.05, 4.69) is 48.3 Å². The Balaban J connectivity index is 1.51. The van der Waals surface area contributed by atoms with Crippen molar-refractivity contribution >= 4 is 11.9 Å². The number of benzene rings is 1. The van der Waals surface area contributed by atoms with E-state index in [1.807, 2.05) is 0 Å². The lowest BCUT2D eigenvalue weighted by atomic mass is 9.81. The van der Waals surface area contributed by atoms with Crippen LogP contribution in [0.15, 0.2) is 24.3 Å². The zero-order chi connectivity index (χ0) is 18.7. The van der Waals surface area contributed by atoms with Crippen molar-refractivity contribution in [2.45, 2.75) is 58.0 Å². The minimum Gasteiger partial charge on any atom is -0.481 e. The number of hydrogen-bond acceptors (Lipinski definition) is 3. The number of rotatable bonds is 5. The molecule has 0 radical (unpaired) electrons. The second kappa shape index (κ2) is 7.78. The van der Waals surface area contributed by atoms with Gasteiger partial charge in [0.05, 0.1) is 5.92 Å². The van der Waals surface area contributed by atoms with Crippen molar-refractivity contribution in [3.8, 4) is 0 Å². The van der Waals surface area contributed by atoms with Crippen LogP contribution in [0, 0.1) is 11.8 Å². The predicted octanol–water partition coefficient (Wildman–Crippen LogP) is 2.83. The molecule has 5 nitrogen and oxygen atoms in total. The van der Waals surface area contributed by atoms with Gasteiger partial charge < -0.3 is 10.4 Å². The average Bonchev–Trinajstić information content (AvgIpc) is 2.65. The van der Waals surface area contributed by atoms with Gasteiger partial charge in [-0.05, 0) is 57.1 Å². The Bertz CT molecular complexity index is 663. The van der Waals surface area contributed by atoms with E-state index in [0.717, 1.165) is 19.5 Å². The molecule has 142 valence electrons. The quantitative estimate of drug-likeness (QED) is 0.849. The molecule has 0 bridgehead atoms. The van der Waals surface area contributed by atoms with Crippen molar-refractivity contribution in [3.63, 3.8) is 0 Å². The Morgan fingerprint density at radius 3 is 2.38 bits per heavy atom. The molecule has 1 aromatic carbocycles. The van der Waals surface area contributed by atoms with Crippen LogP contribution in [0.4, 0.5) is 0 Å². The van der Waals surface area contributed by atoms with Crippen LogP contribution in [0.1, 0.15) is 50.7 Å². The van der Waals surface area contributed by atoms with Crippen LogP contribution in [-0.4, -0.2) is 40.5 Å². The molecular weight excluding hydrogens is 328 g/mol. The van der Waals surface area contributed by atoms with Gasteiger partial charge in [-0.3, -0.25) is 14.5 Å². The van der Waals surface area contributed by atoms with E-state index in [1.165, 1.54) is 11.1 Å². The molecule has 26 heavy (non-hydrogen) atoms. The molecule has 5 heteroatoms. The molecule has 3 rings (SSSR count). The molecule has 2 N–H and O–H groups in total. The standard InChI is InChI=1S/C21H30N2O3/c1-21(2,23-12-11-15-5-3-4-6-18(15)13-23)14-22-19(24)16-7-9-17(10-8-16)20(25)26/h3-6,16-17H,7-14H2,1-2H3,(H,22,24)(H,25,26). The summed E-state index contributed by atoms with van der Waals surface area (Å²) in [6.07, 6.45) is 3.63. The maximum atomic E-state index is 12.5. The zero-order valence-electron chi connectivity index (χ0n) is 15.8. The summed E-state index contributed by atoms with van der Waals surface area (Å²) in [6.45, 7) is 6.91. The van der Waals surface area contributed by atoms with Crippen LogP contribution in [0.5, 0.6) is 0 Å². The number of nitrogens with zero attached hydrogens (tertiary/aromatic N) is 1. The molecule has 0 atom stereocenters. The molecule has 1 amide bonds. The lowest BCUT2D eigenvalue weighted by Gasteiger charge is -2.42. The normalized spacial score (nSPS) is 23.9. The van der Waals surface area contributed by atoms with E-state index in [0.29, 0.717) is 32.2 Å². The summed E-state index contributed by atoms with van der Waals surface area (Å²) in [5, 5.41) is 12.2. The van der Waals surface area contributed by atoms with Gasteiger partial charge in [-0.1, -0.05) is 24.3 Å². The van der Waals surface area contributed by atoms with Crippen molar-refractivity contribution in [2.75, 3.05) is 13.1 Å². The molecule has 1 heterocycles. The zero-order valence-corrected chi connectivity index (χ0v) is 15.8. The first-order valence-corrected chi connectivity index (χ1v) is 9.69. The summed E-state index contributed by atoms with van der Waals surface area (Å²) in [7, 11) is 0. The number of carbonyl (C=O) groups is 2. The third-order valence-electron chi connectivity index (χ3n) is 6.13. The number of carboxylic acids is 1. The number of hydrogen-bond donors (Lipinski definition) is 2. The molecule has 1 aromatic rings. The maximum Gasteiger partial charge on any atom is 0.306 e. The first-order valence-electron chi connectivity index (χ1n) is 9.69. The Kier molecular flexibility index (Phi) is 5.66. The minimum atomic E-state index is -0.727. The summed E-state index contributed by atoms with van der Waals surface area (Å²) in [5.41, 5.74) is 2.70. The Labute approximate surface area is 155 Å². The van der Waals surface area contributed by atoms with E-state index in [1.54, 1.807) is 0 Å². The van der Waals surface area contributed by atoms with E-state index in [4.69, 9.17) is 5.11 Å². The topological polar surface area (TPSA) is 69.6 Å². The Hall–Kier alpha value is -1.88. The molecule has 2 aliphatic rings. The lowest BCUT2D eigenvalue weighted by Crippen LogP contribution is -2.53. The fourth-order valence-electron chi connectivity index (χ4n) is 4.17. The van der Waals surface area contributed by atoms with Crippen molar-refractivity contribution in [2.24, 2.45) is 11.8 Å². The van der Waals surface area contributed by atoms with Gasteiger partial charge in [0.2, 0.25) is 5.91 Å². The highest BCUT2D eigenvalue weighted by Gasteiger charge is 2.33. The fraction of sp³-hybridized carbons (Fsp3) is 0.619. The first kappa shape index (κ1) is 18.9. The van der Waals surface area contributed by atoms with Crippen molar-refractivity contribution in [3.05, 3.63) is 35.4 Å². The predicted molar refractivity (Wildman–Crippen MR) is 101 cm³/mol. The van der Waals surface area contributed by atoms with Crippen LogP contribution in [0.3, 0.4) is 0 Å². The second-order valence-electron chi connectivity index (χ2n) is 8.36. The molecule has 1 fully saturated rings. The minimum absolute atomic E-state index is 0.0384. The third kappa shape index (κ3) is 4.26. The van der Waals surface area contributed by atoms with Crippen LogP contribution in [-0.2, 0) is 22.6 Å². The molecule has 0 aromatic heterocycles. The van der Waals surface area contributed by atoms with Gasteiger partial charge in [-0.2, -0.15) is 0 Å². The summed E-state index contributed by atoms with van der Waals surface area (Å²) in [5.74, 6) is -0.956. The number of carbonyl (C=O) groups excluding carboxylic acids is 1. The number of nitrogens with one attached hydrogen (secondary N) is 1. The van der Waals surface area contributed by atoms with Crippen LogP contribution < -0.4 is 5.32 Å². The Morgan fingerprint density at radius 2 is 1.73 bits per heavy atom. The highest BCUT2D eigenvalue weighted by atomic mass is 16.4. The summed E-state index contributed by atoms with van der Waals surface area (Å²) >= 11 is 0. The maximum absolute atomic E-state index is 12.5. The largest absolute Gasteiger partial charge is 0.481 e. The summed E-state index contributed by atoms with van der Waals surface area (Å²) in [4.78, 5) is 26.0.